The van der Waals surface area contributed by atoms with Gasteiger partial charge in [-0.15, -0.1) is 0 Å². The zero-order valence-electron chi connectivity index (χ0n) is 18.5. The predicted molar refractivity (Wildman–Crippen MR) is 131 cm³/mol. The predicted octanol–water partition coefficient (Wildman–Crippen LogP) is 5.50. The maximum atomic E-state index is 5.33. The molecule has 1 aromatic heterocycles. The number of hydrogen-bond acceptors (Lipinski definition) is 4. The van der Waals surface area contributed by atoms with Crippen molar-refractivity contribution in [3.63, 3.8) is 0 Å². The van der Waals surface area contributed by atoms with Crippen molar-refractivity contribution in [1.82, 2.24) is 9.88 Å². The normalized spacial score (nSPS) is 25.4. The lowest BCUT2D eigenvalue weighted by Crippen LogP contribution is -2.44. The van der Waals surface area contributed by atoms with Gasteiger partial charge in [0.15, 0.2) is 5.82 Å². The molecule has 0 saturated carbocycles. The third-order valence-corrected chi connectivity index (χ3v) is 7.12. The standard InChI is InChI=1S/C27H29N5/c1-18-9-12-24-23(14-18)26(31-25-8-5-13-28-27(25)30-24)29-20-15-21-10-11-22(16-20)32(21)17-19-6-3-2-4-7-19/h2-9,12-14,20-22H,10-11,15-17H2,1H3,(H,28,30)(H,29,31). The number of aromatic nitrogens is 1. The van der Waals surface area contributed by atoms with Crippen molar-refractivity contribution in [3.05, 3.63) is 83.6 Å². The second kappa shape index (κ2) is 8.06. The van der Waals surface area contributed by atoms with E-state index in [2.05, 4.69) is 82.0 Å². The molecule has 0 spiro atoms. The fourth-order valence-corrected chi connectivity index (χ4v) is 5.58. The van der Waals surface area contributed by atoms with Gasteiger partial charge in [-0.05, 0) is 62.4 Å². The molecule has 2 unspecified atom stereocenters. The summed E-state index contributed by atoms with van der Waals surface area (Å²) in [6, 6.07) is 23.0. The molecule has 6 rings (SSSR count). The molecule has 2 aromatic carbocycles. The summed E-state index contributed by atoms with van der Waals surface area (Å²) in [5, 5.41) is 7.10. The van der Waals surface area contributed by atoms with Gasteiger partial charge in [-0.2, -0.15) is 0 Å². The molecular formula is C27H29N5. The zero-order chi connectivity index (χ0) is 21.5. The van der Waals surface area contributed by atoms with E-state index in [9.17, 15) is 0 Å². The van der Waals surface area contributed by atoms with Crippen LogP contribution in [-0.2, 0) is 6.54 Å². The van der Waals surface area contributed by atoms with E-state index >= 15 is 0 Å². The van der Waals surface area contributed by atoms with Gasteiger partial charge in [-0.3, -0.25) is 9.89 Å². The van der Waals surface area contributed by atoms with Crippen LogP contribution in [0.1, 0.15) is 42.4 Å². The van der Waals surface area contributed by atoms with Gasteiger partial charge in [-0.25, -0.2) is 4.98 Å². The van der Waals surface area contributed by atoms with E-state index in [1.54, 1.807) is 0 Å². The number of anilines is 3. The minimum atomic E-state index is 0.341. The molecule has 2 N–H and O–H groups in total. The first kappa shape index (κ1) is 19.5. The summed E-state index contributed by atoms with van der Waals surface area (Å²) in [6.45, 7) is 3.19. The number of piperidine rings is 1. The molecule has 162 valence electrons. The number of pyridine rings is 1. The van der Waals surface area contributed by atoms with Crippen molar-refractivity contribution in [2.75, 3.05) is 10.6 Å². The number of hydrogen-bond donors (Lipinski definition) is 2. The minimum Gasteiger partial charge on any atom is -0.338 e. The molecule has 3 aliphatic heterocycles. The number of benzene rings is 2. The summed E-state index contributed by atoms with van der Waals surface area (Å²) in [5.41, 5.74) is 5.81. The second-order valence-electron chi connectivity index (χ2n) is 9.34. The van der Waals surface area contributed by atoms with Crippen LogP contribution in [0.15, 0.2) is 71.9 Å². The summed E-state index contributed by atoms with van der Waals surface area (Å²) < 4.78 is 0. The molecular weight excluding hydrogens is 394 g/mol. The highest BCUT2D eigenvalue weighted by molar-refractivity contribution is 6.15. The second-order valence-corrected chi connectivity index (χ2v) is 9.34. The Morgan fingerprint density at radius 3 is 2.56 bits per heavy atom. The van der Waals surface area contributed by atoms with Crippen molar-refractivity contribution in [2.45, 2.75) is 57.3 Å². The molecule has 5 heteroatoms. The summed E-state index contributed by atoms with van der Waals surface area (Å²) in [5.74, 6) is 1.81. The first-order valence-electron chi connectivity index (χ1n) is 11.7. The Bertz CT molecular complexity index is 1140. The summed E-state index contributed by atoms with van der Waals surface area (Å²) in [7, 11) is 0. The lowest BCUT2D eigenvalue weighted by molar-refractivity contribution is 0.120. The van der Waals surface area contributed by atoms with Crippen molar-refractivity contribution >= 4 is 23.0 Å². The van der Waals surface area contributed by atoms with Crippen LogP contribution >= 0.6 is 0 Å². The molecule has 2 saturated heterocycles. The first-order valence-corrected chi connectivity index (χ1v) is 11.7. The van der Waals surface area contributed by atoms with E-state index in [1.165, 1.54) is 24.0 Å². The monoisotopic (exact) mass is 423 g/mol. The van der Waals surface area contributed by atoms with E-state index in [0.717, 1.165) is 48.0 Å². The number of aliphatic imine (C=N–C) groups is 1. The van der Waals surface area contributed by atoms with Gasteiger partial charge in [0, 0.05) is 30.4 Å². The first-order chi connectivity index (χ1) is 15.7. The van der Waals surface area contributed by atoms with Crippen LogP contribution in [0.5, 0.6) is 0 Å². The number of nitrogens with one attached hydrogen (secondary N) is 2. The molecule has 5 nitrogen and oxygen atoms in total. The molecule has 0 amide bonds. The topological polar surface area (TPSA) is 52.5 Å². The van der Waals surface area contributed by atoms with Crippen molar-refractivity contribution in [2.24, 2.45) is 4.99 Å². The Balaban J connectivity index is 1.29. The van der Waals surface area contributed by atoms with Gasteiger partial charge in [0.05, 0.1) is 17.4 Å². The average Bonchev–Trinajstić information content (AvgIpc) is 2.97. The van der Waals surface area contributed by atoms with Crippen molar-refractivity contribution in [3.8, 4) is 0 Å². The van der Waals surface area contributed by atoms with Gasteiger partial charge in [0.1, 0.15) is 5.84 Å². The van der Waals surface area contributed by atoms with Crippen LogP contribution in [0, 0.1) is 6.92 Å². The Labute approximate surface area is 189 Å². The number of rotatable bonds is 3. The molecule has 3 aromatic rings. The van der Waals surface area contributed by atoms with Crippen molar-refractivity contribution in [1.29, 1.82) is 0 Å². The molecule has 2 fully saturated rings. The lowest BCUT2D eigenvalue weighted by Gasteiger charge is -2.38. The third kappa shape index (κ3) is 3.67. The third-order valence-electron chi connectivity index (χ3n) is 7.12. The number of nitrogens with zero attached hydrogens (tertiary/aromatic N) is 3. The number of fused-ring (bicyclic) bond motifs is 4. The fourth-order valence-electron chi connectivity index (χ4n) is 5.58. The highest BCUT2D eigenvalue weighted by atomic mass is 15.2. The van der Waals surface area contributed by atoms with Crippen LogP contribution in [-0.4, -0.2) is 33.8 Å². The maximum Gasteiger partial charge on any atom is 0.154 e. The lowest BCUT2D eigenvalue weighted by atomic mass is 9.96. The Morgan fingerprint density at radius 2 is 1.75 bits per heavy atom. The highest BCUT2D eigenvalue weighted by Crippen LogP contribution is 2.39. The van der Waals surface area contributed by atoms with Gasteiger partial charge in [0.2, 0.25) is 0 Å². The maximum absolute atomic E-state index is 5.33. The van der Waals surface area contributed by atoms with Gasteiger partial charge in [0.25, 0.3) is 0 Å². The highest BCUT2D eigenvalue weighted by Gasteiger charge is 2.40. The SMILES string of the molecule is Cc1ccc2c(c1)C(=NC1CC3CCC(C1)N3Cc1ccccc1)Nc1cccnc1N2. The van der Waals surface area contributed by atoms with E-state index in [1.807, 2.05) is 12.3 Å². The van der Waals surface area contributed by atoms with Crippen LogP contribution < -0.4 is 10.6 Å². The molecule has 0 aliphatic carbocycles. The molecule has 2 bridgehead atoms. The Kier molecular flexibility index (Phi) is 4.91. The molecule has 4 heterocycles. The van der Waals surface area contributed by atoms with Gasteiger partial charge in [-0.1, -0.05) is 42.0 Å². The minimum absolute atomic E-state index is 0.341. The fraction of sp³-hybridized carbons (Fsp3) is 0.333. The smallest absolute Gasteiger partial charge is 0.154 e. The summed E-state index contributed by atoms with van der Waals surface area (Å²) in [6.07, 6.45) is 6.65. The van der Waals surface area contributed by atoms with Crippen LogP contribution in [0.2, 0.25) is 0 Å². The summed E-state index contributed by atoms with van der Waals surface area (Å²) >= 11 is 0. The molecule has 2 atom stereocenters. The van der Waals surface area contributed by atoms with Crippen LogP contribution in [0.4, 0.5) is 17.2 Å². The Morgan fingerprint density at radius 1 is 0.938 bits per heavy atom. The van der Waals surface area contributed by atoms with E-state index < -0.39 is 0 Å². The Hall–Kier alpha value is -3.18. The van der Waals surface area contributed by atoms with Crippen LogP contribution in [0.3, 0.4) is 0 Å². The summed E-state index contributed by atoms with van der Waals surface area (Å²) in [4.78, 5) is 12.6. The molecule has 3 aliphatic rings. The quantitative estimate of drug-likeness (QED) is 0.584. The zero-order valence-corrected chi connectivity index (χ0v) is 18.5. The van der Waals surface area contributed by atoms with Crippen LogP contribution in [0.25, 0.3) is 0 Å². The average molecular weight is 424 g/mol. The largest absolute Gasteiger partial charge is 0.338 e. The number of aryl methyl sites for hydroxylation is 1. The van der Waals surface area contributed by atoms with Crippen molar-refractivity contribution < 1.29 is 0 Å². The van der Waals surface area contributed by atoms with E-state index in [0.29, 0.717) is 18.1 Å². The van der Waals surface area contributed by atoms with Gasteiger partial charge >= 0.3 is 0 Å². The van der Waals surface area contributed by atoms with E-state index in [-0.39, 0.29) is 0 Å². The van der Waals surface area contributed by atoms with Gasteiger partial charge < -0.3 is 10.6 Å². The molecule has 32 heavy (non-hydrogen) atoms. The number of amidine groups is 1. The molecule has 0 radical (unpaired) electrons. The van der Waals surface area contributed by atoms with E-state index in [4.69, 9.17) is 4.99 Å².